The van der Waals surface area contributed by atoms with Crippen LogP contribution in [0.15, 0.2) is 18.5 Å². The summed E-state index contributed by atoms with van der Waals surface area (Å²) in [6, 6.07) is 1.66. The van der Waals surface area contributed by atoms with Gasteiger partial charge in [0, 0.05) is 31.5 Å². The molecule has 2 aromatic heterocycles. The number of fused-ring (bicyclic) bond motifs is 1. The molecule has 0 aromatic carbocycles. The van der Waals surface area contributed by atoms with E-state index in [1.54, 1.807) is 18.5 Å². The van der Waals surface area contributed by atoms with Crippen molar-refractivity contribution >= 4 is 35.0 Å². The first-order chi connectivity index (χ1) is 9.33. The zero-order chi connectivity index (χ0) is 13.1. The Kier molecular flexibility index (Phi) is 5.31. The number of nitrogens with one attached hydrogen (secondary N) is 1. The minimum atomic E-state index is 0. The topological polar surface area (TPSA) is 69.2 Å². The number of morpholine rings is 1. The number of nitrogens with zero attached hydrogens (tertiary/aromatic N) is 3. The molecule has 1 atom stereocenters. The zero-order valence-electron chi connectivity index (χ0n) is 10.6. The normalized spacial score (nSPS) is 18.6. The van der Waals surface area contributed by atoms with Crippen LogP contribution in [0.1, 0.15) is 0 Å². The Morgan fingerprint density at radius 1 is 1.40 bits per heavy atom. The number of hydrogen-bond donors (Lipinski definition) is 1. The highest BCUT2D eigenvalue weighted by Gasteiger charge is 2.16. The maximum Gasteiger partial charge on any atom is 0.243 e. The second-order valence-electron chi connectivity index (χ2n) is 4.18. The molecule has 1 unspecified atom stereocenters. The van der Waals surface area contributed by atoms with E-state index in [1.807, 2.05) is 0 Å². The SMILES string of the molecule is Cl.Clc1cc2nccnc2c(OCC2CNCCO2)n1. The smallest absolute Gasteiger partial charge is 0.243 e. The highest BCUT2D eigenvalue weighted by molar-refractivity contribution is 6.30. The quantitative estimate of drug-likeness (QED) is 0.865. The Morgan fingerprint density at radius 3 is 3.05 bits per heavy atom. The molecule has 3 rings (SSSR count). The van der Waals surface area contributed by atoms with Crippen molar-refractivity contribution in [3.8, 4) is 5.88 Å². The van der Waals surface area contributed by atoms with Gasteiger partial charge in [-0.25, -0.2) is 4.98 Å². The number of rotatable bonds is 3. The maximum atomic E-state index is 5.94. The Morgan fingerprint density at radius 2 is 2.25 bits per heavy atom. The third-order valence-electron chi connectivity index (χ3n) is 2.80. The summed E-state index contributed by atoms with van der Waals surface area (Å²) in [5.74, 6) is 0.393. The van der Waals surface area contributed by atoms with Crippen molar-refractivity contribution in [2.45, 2.75) is 6.10 Å². The van der Waals surface area contributed by atoms with Crippen LogP contribution >= 0.6 is 24.0 Å². The van der Waals surface area contributed by atoms with E-state index in [2.05, 4.69) is 20.3 Å². The number of ether oxygens (including phenoxy) is 2. The summed E-state index contributed by atoms with van der Waals surface area (Å²) in [4.78, 5) is 12.6. The summed E-state index contributed by atoms with van der Waals surface area (Å²) in [5, 5.41) is 3.58. The minimum Gasteiger partial charge on any atom is -0.473 e. The zero-order valence-corrected chi connectivity index (χ0v) is 12.2. The van der Waals surface area contributed by atoms with Gasteiger partial charge in [-0.1, -0.05) is 11.6 Å². The molecule has 1 aliphatic rings. The summed E-state index contributed by atoms with van der Waals surface area (Å²) in [6.07, 6.45) is 3.22. The van der Waals surface area contributed by atoms with Crippen LogP contribution in [0.25, 0.3) is 11.0 Å². The van der Waals surface area contributed by atoms with E-state index in [0.29, 0.717) is 35.3 Å². The van der Waals surface area contributed by atoms with E-state index < -0.39 is 0 Å². The predicted octanol–water partition coefficient (Wildman–Crippen LogP) is 1.47. The molecule has 6 nitrogen and oxygen atoms in total. The molecular formula is C12H14Cl2N4O2. The molecule has 1 aliphatic heterocycles. The van der Waals surface area contributed by atoms with E-state index in [0.717, 1.165) is 13.1 Å². The molecule has 1 fully saturated rings. The lowest BCUT2D eigenvalue weighted by Crippen LogP contribution is -2.41. The fourth-order valence-electron chi connectivity index (χ4n) is 1.91. The average Bonchev–Trinajstić information content (AvgIpc) is 2.45. The van der Waals surface area contributed by atoms with Gasteiger partial charge < -0.3 is 14.8 Å². The van der Waals surface area contributed by atoms with Gasteiger partial charge in [0.25, 0.3) is 0 Å². The van der Waals surface area contributed by atoms with Crippen molar-refractivity contribution < 1.29 is 9.47 Å². The Balaban J connectivity index is 0.00000147. The van der Waals surface area contributed by atoms with Gasteiger partial charge in [0.2, 0.25) is 5.88 Å². The van der Waals surface area contributed by atoms with E-state index in [-0.39, 0.29) is 18.5 Å². The molecule has 108 valence electrons. The van der Waals surface area contributed by atoms with Crippen molar-refractivity contribution in [3.05, 3.63) is 23.6 Å². The fourth-order valence-corrected chi connectivity index (χ4v) is 2.09. The number of hydrogen-bond acceptors (Lipinski definition) is 6. The molecule has 0 aliphatic carbocycles. The molecule has 0 radical (unpaired) electrons. The lowest BCUT2D eigenvalue weighted by Gasteiger charge is -2.23. The van der Waals surface area contributed by atoms with Crippen LogP contribution in [0.5, 0.6) is 5.88 Å². The number of halogens is 2. The highest BCUT2D eigenvalue weighted by Crippen LogP contribution is 2.23. The second-order valence-corrected chi connectivity index (χ2v) is 4.57. The van der Waals surface area contributed by atoms with E-state index in [9.17, 15) is 0 Å². The standard InChI is InChI=1S/C12H13ClN4O2.ClH/c13-10-5-9-11(16-2-1-15-9)12(17-10)19-7-8-6-14-3-4-18-8;/h1-2,5,8,14H,3-4,6-7H2;1H. The monoisotopic (exact) mass is 316 g/mol. The first-order valence-electron chi connectivity index (χ1n) is 6.05. The summed E-state index contributed by atoms with van der Waals surface area (Å²) in [5.41, 5.74) is 1.27. The van der Waals surface area contributed by atoms with Crippen molar-refractivity contribution in [2.24, 2.45) is 0 Å². The molecule has 0 spiro atoms. The van der Waals surface area contributed by atoms with Crippen LogP contribution in [0.2, 0.25) is 5.15 Å². The fraction of sp³-hybridized carbons (Fsp3) is 0.417. The van der Waals surface area contributed by atoms with Crippen LogP contribution < -0.4 is 10.1 Å². The molecule has 3 heterocycles. The van der Waals surface area contributed by atoms with E-state index in [4.69, 9.17) is 21.1 Å². The van der Waals surface area contributed by atoms with Crippen molar-refractivity contribution in [2.75, 3.05) is 26.3 Å². The van der Waals surface area contributed by atoms with Gasteiger partial charge in [0.15, 0.2) is 5.52 Å². The molecule has 20 heavy (non-hydrogen) atoms. The lowest BCUT2D eigenvalue weighted by molar-refractivity contribution is -0.000425. The summed E-state index contributed by atoms with van der Waals surface area (Å²) in [7, 11) is 0. The Labute approximate surface area is 127 Å². The van der Waals surface area contributed by atoms with Gasteiger partial charge in [0.1, 0.15) is 17.9 Å². The van der Waals surface area contributed by atoms with Crippen LogP contribution in [-0.2, 0) is 4.74 Å². The van der Waals surface area contributed by atoms with Crippen LogP contribution in [0, 0.1) is 0 Å². The van der Waals surface area contributed by atoms with Crippen molar-refractivity contribution in [1.29, 1.82) is 0 Å². The van der Waals surface area contributed by atoms with E-state index >= 15 is 0 Å². The number of pyridine rings is 1. The molecule has 1 saturated heterocycles. The van der Waals surface area contributed by atoms with Gasteiger partial charge in [-0.05, 0) is 0 Å². The van der Waals surface area contributed by atoms with Gasteiger partial charge in [-0.2, -0.15) is 4.98 Å². The first-order valence-corrected chi connectivity index (χ1v) is 6.43. The second kappa shape index (κ2) is 6.99. The lowest BCUT2D eigenvalue weighted by atomic mass is 10.3. The molecule has 0 amide bonds. The van der Waals surface area contributed by atoms with Crippen molar-refractivity contribution in [3.63, 3.8) is 0 Å². The molecular weight excluding hydrogens is 303 g/mol. The largest absolute Gasteiger partial charge is 0.473 e. The Bertz CT molecular complexity index is 578. The number of aromatic nitrogens is 3. The van der Waals surface area contributed by atoms with Crippen molar-refractivity contribution in [1.82, 2.24) is 20.3 Å². The molecule has 8 heteroatoms. The summed E-state index contributed by atoms with van der Waals surface area (Å²) in [6.45, 7) is 2.74. The van der Waals surface area contributed by atoms with E-state index in [1.165, 1.54) is 0 Å². The molecule has 2 aromatic rings. The minimum absolute atomic E-state index is 0. The molecule has 0 saturated carbocycles. The van der Waals surface area contributed by atoms with Crippen LogP contribution in [0.3, 0.4) is 0 Å². The maximum absolute atomic E-state index is 5.94. The molecule has 0 bridgehead atoms. The van der Waals surface area contributed by atoms with Crippen LogP contribution in [0.4, 0.5) is 0 Å². The van der Waals surface area contributed by atoms with Crippen LogP contribution in [-0.4, -0.2) is 47.4 Å². The van der Waals surface area contributed by atoms with Gasteiger partial charge in [0.05, 0.1) is 12.1 Å². The Hall–Kier alpha value is -1.21. The molecule has 1 N–H and O–H groups in total. The van der Waals surface area contributed by atoms with Gasteiger partial charge >= 0.3 is 0 Å². The highest BCUT2D eigenvalue weighted by atomic mass is 35.5. The van der Waals surface area contributed by atoms with Gasteiger partial charge in [-0.3, -0.25) is 4.98 Å². The van der Waals surface area contributed by atoms with Gasteiger partial charge in [-0.15, -0.1) is 12.4 Å². The summed E-state index contributed by atoms with van der Waals surface area (Å²) < 4.78 is 11.2. The summed E-state index contributed by atoms with van der Waals surface area (Å²) >= 11 is 5.94. The third kappa shape index (κ3) is 3.46. The first kappa shape index (κ1) is 15.2. The third-order valence-corrected chi connectivity index (χ3v) is 3.00. The average molecular weight is 317 g/mol. The predicted molar refractivity (Wildman–Crippen MR) is 77.7 cm³/mol.